The Balaban J connectivity index is 1.71. The number of nitrogens with one attached hydrogen (secondary N) is 2. The highest BCUT2D eigenvalue weighted by Gasteiger charge is 2.41. The van der Waals surface area contributed by atoms with Gasteiger partial charge in [-0.3, -0.25) is 9.48 Å². The molecule has 130 valence electrons. The van der Waals surface area contributed by atoms with Crippen LogP contribution in [0.15, 0.2) is 18.5 Å². The first kappa shape index (κ1) is 17.0. The van der Waals surface area contributed by atoms with Gasteiger partial charge in [0.15, 0.2) is 0 Å². The van der Waals surface area contributed by atoms with Gasteiger partial charge in [0, 0.05) is 17.8 Å². The van der Waals surface area contributed by atoms with Crippen molar-refractivity contribution in [3.8, 4) is 0 Å². The molecule has 2 N–H and O–H groups in total. The van der Waals surface area contributed by atoms with Crippen LogP contribution < -0.4 is 10.6 Å². The van der Waals surface area contributed by atoms with Crippen LogP contribution in [0.25, 0.3) is 0 Å². The quantitative estimate of drug-likeness (QED) is 0.873. The Morgan fingerprint density at radius 2 is 2.12 bits per heavy atom. The molecule has 7 nitrogen and oxygen atoms in total. The Hall–Kier alpha value is -1.80. The monoisotopic (exact) mass is 348 g/mol. The van der Waals surface area contributed by atoms with E-state index in [0.717, 1.165) is 35.9 Å². The molecule has 2 aromatic rings. The van der Waals surface area contributed by atoms with Crippen molar-refractivity contribution in [2.45, 2.75) is 51.1 Å². The number of carbonyl (C=O) groups excluding carboxylic acids is 1. The molecule has 24 heavy (non-hydrogen) atoms. The van der Waals surface area contributed by atoms with E-state index in [1.807, 2.05) is 12.3 Å². The van der Waals surface area contributed by atoms with Crippen LogP contribution >= 0.6 is 11.3 Å². The van der Waals surface area contributed by atoms with E-state index >= 15 is 0 Å². The molecule has 1 amide bonds. The Bertz CT molecular complexity index is 682. The average Bonchev–Trinajstić information content (AvgIpc) is 3.24. The van der Waals surface area contributed by atoms with Gasteiger partial charge < -0.3 is 10.6 Å². The molecule has 1 fully saturated rings. The molecule has 2 aromatic heterocycles. The third-order valence-electron chi connectivity index (χ3n) is 4.30. The van der Waals surface area contributed by atoms with Gasteiger partial charge in [0.05, 0.1) is 6.54 Å². The summed E-state index contributed by atoms with van der Waals surface area (Å²) in [5.41, 5.74) is -0.641. The van der Waals surface area contributed by atoms with Crippen LogP contribution in [0.3, 0.4) is 0 Å². The van der Waals surface area contributed by atoms with E-state index in [4.69, 9.17) is 0 Å². The lowest BCUT2D eigenvalue weighted by Crippen LogP contribution is -2.54. The summed E-state index contributed by atoms with van der Waals surface area (Å²) in [5.74, 6) is 0.000193. The predicted molar refractivity (Wildman–Crippen MR) is 92.8 cm³/mol. The van der Waals surface area contributed by atoms with Gasteiger partial charge in [0.2, 0.25) is 5.91 Å². The van der Waals surface area contributed by atoms with Gasteiger partial charge in [-0.15, -0.1) is 10.2 Å². The Morgan fingerprint density at radius 3 is 2.71 bits per heavy atom. The molecule has 0 unspecified atom stereocenters. The highest BCUT2D eigenvalue weighted by Crippen LogP contribution is 2.28. The zero-order chi connectivity index (χ0) is 17.2. The van der Waals surface area contributed by atoms with Crippen molar-refractivity contribution < 1.29 is 4.79 Å². The van der Waals surface area contributed by atoms with Gasteiger partial charge in [-0.05, 0) is 32.0 Å². The van der Waals surface area contributed by atoms with Crippen LogP contribution in [0.2, 0.25) is 0 Å². The van der Waals surface area contributed by atoms with E-state index < -0.39 is 5.54 Å². The number of aromatic nitrogens is 4. The van der Waals surface area contributed by atoms with Crippen molar-refractivity contribution >= 4 is 17.2 Å². The van der Waals surface area contributed by atoms with Crippen molar-refractivity contribution in [1.82, 2.24) is 30.6 Å². The first-order valence-electron chi connectivity index (χ1n) is 8.24. The average molecular weight is 348 g/mol. The summed E-state index contributed by atoms with van der Waals surface area (Å²) < 4.78 is 1.80. The smallest absolute Gasteiger partial charge is 0.248 e. The standard InChI is InChI=1S/C16H24N6OS/c1-15(2,3)14-21-20-12(24-14)11-18-13(23)16(5-8-17-9-6-16)22-10-4-7-19-22/h4,7,10,17H,5-6,8-9,11H2,1-3H3,(H,18,23). The molecule has 0 saturated carbocycles. The summed E-state index contributed by atoms with van der Waals surface area (Å²) in [5, 5.41) is 20.9. The lowest BCUT2D eigenvalue weighted by molar-refractivity contribution is -0.132. The van der Waals surface area contributed by atoms with Crippen molar-refractivity contribution in [1.29, 1.82) is 0 Å². The summed E-state index contributed by atoms with van der Waals surface area (Å²) in [7, 11) is 0. The van der Waals surface area contributed by atoms with Crippen LogP contribution in [0.5, 0.6) is 0 Å². The van der Waals surface area contributed by atoms with Crippen molar-refractivity contribution in [2.24, 2.45) is 0 Å². The van der Waals surface area contributed by atoms with Gasteiger partial charge in [-0.25, -0.2) is 0 Å². The lowest BCUT2D eigenvalue weighted by atomic mass is 9.87. The second kappa shape index (κ2) is 6.60. The second-order valence-electron chi connectivity index (χ2n) is 7.17. The predicted octanol–water partition coefficient (Wildman–Crippen LogP) is 1.43. The minimum atomic E-state index is -0.619. The zero-order valence-electron chi connectivity index (χ0n) is 14.4. The summed E-state index contributed by atoms with van der Waals surface area (Å²) in [4.78, 5) is 13.0. The number of amides is 1. The molecule has 0 spiro atoms. The van der Waals surface area contributed by atoms with Gasteiger partial charge in [0.25, 0.3) is 0 Å². The van der Waals surface area contributed by atoms with Crippen molar-refractivity contribution in [3.05, 3.63) is 28.5 Å². The third kappa shape index (κ3) is 3.34. The fraction of sp³-hybridized carbons (Fsp3) is 0.625. The summed E-state index contributed by atoms with van der Waals surface area (Å²) in [6, 6.07) is 1.86. The van der Waals surface area contributed by atoms with E-state index in [9.17, 15) is 4.79 Å². The van der Waals surface area contributed by atoms with Crippen molar-refractivity contribution in [2.75, 3.05) is 13.1 Å². The number of rotatable bonds is 4. The molecule has 0 aliphatic carbocycles. The number of piperidine rings is 1. The highest BCUT2D eigenvalue weighted by atomic mass is 32.1. The molecular weight excluding hydrogens is 324 g/mol. The highest BCUT2D eigenvalue weighted by molar-refractivity contribution is 7.11. The normalized spacial score (nSPS) is 17.6. The molecule has 3 heterocycles. The molecule has 0 atom stereocenters. The molecule has 0 bridgehead atoms. The first-order chi connectivity index (χ1) is 11.4. The van der Waals surface area contributed by atoms with E-state index in [0.29, 0.717) is 6.54 Å². The number of hydrogen-bond acceptors (Lipinski definition) is 6. The minimum absolute atomic E-state index is 0.000193. The Labute approximate surface area is 145 Å². The van der Waals surface area contributed by atoms with Crippen LogP contribution in [0.1, 0.15) is 43.6 Å². The maximum absolute atomic E-state index is 13.0. The van der Waals surface area contributed by atoms with Crippen LogP contribution in [-0.4, -0.2) is 39.0 Å². The minimum Gasteiger partial charge on any atom is -0.347 e. The summed E-state index contributed by atoms with van der Waals surface area (Å²) >= 11 is 1.55. The van der Waals surface area contributed by atoms with Crippen LogP contribution in [0.4, 0.5) is 0 Å². The van der Waals surface area contributed by atoms with Gasteiger partial charge in [0.1, 0.15) is 15.6 Å². The van der Waals surface area contributed by atoms with E-state index in [-0.39, 0.29) is 11.3 Å². The number of nitrogens with zero attached hydrogens (tertiary/aromatic N) is 4. The number of hydrogen-bond donors (Lipinski definition) is 2. The van der Waals surface area contributed by atoms with Gasteiger partial charge >= 0.3 is 0 Å². The number of carbonyl (C=O) groups is 1. The Kier molecular flexibility index (Phi) is 4.69. The summed E-state index contributed by atoms with van der Waals surface area (Å²) in [6.07, 6.45) is 5.04. The fourth-order valence-corrected chi connectivity index (χ4v) is 3.71. The Morgan fingerprint density at radius 1 is 1.38 bits per heavy atom. The van der Waals surface area contributed by atoms with Gasteiger partial charge in [-0.1, -0.05) is 32.1 Å². The molecule has 1 saturated heterocycles. The fourth-order valence-electron chi connectivity index (χ4n) is 2.87. The van der Waals surface area contributed by atoms with E-state index in [2.05, 4.69) is 46.7 Å². The molecular formula is C16H24N6OS. The molecule has 0 radical (unpaired) electrons. The van der Waals surface area contributed by atoms with Gasteiger partial charge in [-0.2, -0.15) is 5.10 Å². The zero-order valence-corrected chi connectivity index (χ0v) is 15.2. The molecule has 0 aromatic carbocycles. The molecule has 1 aliphatic rings. The van der Waals surface area contributed by atoms with Crippen LogP contribution in [-0.2, 0) is 22.3 Å². The lowest BCUT2D eigenvalue weighted by Gasteiger charge is -2.36. The third-order valence-corrected chi connectivity index (χ3v) is 5.65. The van der Waals surface area contributed by atoms with Crippen molar-refractivity contribution in [3.63, 3.8) is 0 Å². The SMILES string of the molecule is CC(C)(C)c1nnc(CNC(=O)C2(n3cccn3)CCNCC2)s1. The maximum Gasteiger partial charge on any atom is 0.248 e. The van der Waals surface area contributed by atoms with Crippen LogP contribution in [0, 0.1) is 0 Å². The molecule has 8 heteroatoms. The maximum atomic E-state index is 13.0. The molecule has 1 aliphatic heterocycles. The topological polar surface area (TPSA) is 84.7 Å². The largest absolute Gasteiger partial charge is 0.347 e. The second-order valence-corrected chi connectivity index (χ2v) is 8.23. The van der Waals surface area contributed by atoms with E-state index in [1.54, 1.807) is 22.2 Å². The van der Waals surface area contributed by atoms with E-state index in [1.165, 1.54) is 0 Å². The first-order valence-corrected chi connectivity index (χ1v) is 9.05. The summed E-state index contributed by atoms with van der Waals surface area (Å²) in [6.45, 7) is 8.34. The molecule has 3 rings (SSSR count).